The summed E-state index contributed by atoms with van der Waals surface area (Å²) in [5.74, 6) is -0.587. The van der Waals surface area contributed by atoms with Gasteiger partial charge in [-0.3, -0.25) is 9.67 Å². The molecular weight excluding hydrogens is 454 g/mol. The average Bonchev–Trinajstić information content (AvgIpc) is 3.21. The number of alkyl halides is 3. The van der Waals surface area contributed by atoms with E-state index in [1.165, 1.54) is 25.3 Å². The number of hydrogen-bond donors (Lipinski definition) is 1. The SMILES string of the molecule is COc1cc(F)cc(N(C[C@](C)(O)C(F)(F)F)c2ccc3ncc(-c4cnn(C)c4)nc3c2)c1. The van der Waals surface area contributed by atoms with E-state index in [1.54, 1.807) is 36.4 Å². The first kappa shape index (κ1) is 23.4. The third-order valence-corrected chi connectivity index (χ3v) is 5.32. The molecule has 2 aromatic heterocycles. The van der Waals surface area contributed by atoms with Crippen LogP contribution in [0.15, 0.2) is 55.0 Å². The van der Waals surface area contributed by atoms with E-state index in [0.717, 1.165) is 17.0 Å². The Balaban J connectivity index is 1.84. The summed E-state index contributed by atoms with van der Waals surface area (Å²) in [6.07, 6.45) is 0.0204. The lowest BCUT2D eigenvalue weighted by Crippen LogP contribution is -2.50. The molecule has 0 fully saturated rings. The van der Waals surface area contributed by atoms with E-state index < -0.39 is 24.1 Å². The van der Waals surface area contributed by atoms with Gasteiger partial charge < -0.3 is 14.7 Å². The molecule has 0 radical (unpaired) electrons. The molecule has 178 valence electrons. The third-order valence-electron chi connectivity index (χ3n) is 5.32. The fourth-order valence-electron chi connectivity index (χ4n) is 3.41. The van der Waals surface area contributed by atoms with Crippen molar-refractivity contribution in [1.82, 2.24) is 19.7 Å². The zero-order valence-electron chi connectivity index (χ0n) is 18.5. The Morgan fingerprint density at radius 1 is 1.06 bits per heavy atom. The van der Waals surface area contributed by atoms with Crippen molar-refractivity contribution in [3.05, 3.63) is 60.8 Å². The number of ether oxygens (including phenoxy) is 1. The van der Waals surface area contributed by atoms with Crippen molar-refractivity contribution in [2.45, 2.75) is 18.7 Å². The van der Waals surface area contributed by atoms with Gasteiger partial charge in [-0.15, -0.1) is 0 Å². The van der Waals surface area contributed by atoms with Crippen molar-refractivity contribution in [1.29, 1.82) is 0 Å². The molecule has 0 spiro atoms. The number of methoxy groups -OCH3 is 1. The van der Waals surface area contributed by atoms with Gasteiger partial charge in [-0.1, -0.05) is 0 Å². The second kappa shape index (κ2) is 8.56. The van der Waals surface area contributed by atoms with Crippen LogP contribution in [0.5, 0.6) is 5.75 Å². The van der Waals surface area contributed by atoms with Gasteiger partial charge in [0.05, 0.1) is 42.8 Å². The van der Waals surface area contributed by atoms with Crippen LogP contribution in [0.25, 0.3) is 22.3 Å². The first-order valence-electron chi connectivity index (χ1n) is 10.1. The Morgan fingerprint density at radius 2 is 1.82 bits per heavy atom. The van der Waals surface area contributed by atoms with Crippen molar-refractivity contribution in [2.24, 2.45) is 7.05 Å². The van der Waals surface area contributed by atoms with Crippen LogP contribution in [0.1, 0.15) is 6.92 Å². The third kappa shape index (κ3) is 4.65. The highest BCUT2D eigenvalue weighted by Crippen LogP contribution is 2.37. The van der Waals surface area contributed by atoms with Crippen LogP contribution >= 0.6 is 0 Å². The molecule has 0 saturated heterocycles. The minimum Gasteiger partial charge on any atom is -0.497 e. The van der Waals surface area contributed by atoms with E-state index in [1.807, 2.05) is 0 Å². The van der Waals surface area contributed by atoms with Crippen LogP contribution in [0.4, 0.5) is 28.9 Å². The Morgan fingerprint density at radius 3 is 2.47 bits per heavy atom. The molecule has 4 rings (SSSR count). The maximum Gasteiger partial charge on any atom is 0.418 e. The number of aromatic nitrogens is 4. The number of nitrogens with zero attached hydrogens (tertiary/aromatic N) is 5. The summed E-state index contributed by atoms with van der Waals surface area (Å²) >= 11 is 0. The van der Waals surface area contributed by atoms with E-state index >= 15 is 0 Å². The number of aryl methyl sites for hydroxylation is 1. The molecule has 7 nitrogen and oxygen atoms in total. The Bertz CT molecular complexity index is 1340. The van der Waals surface area contributed by atoms with Gasteiger partial charge in [0.1, 0.15) is 11.6 Å². The van der Waals surface area contributed by atoms with Crippen LogP contribution in [-0.2, 0) is 7.05 Å². The molecule has 1 N–H and O–H groups in total. The zero-order chi connectivity index (χ0) is 24.7. The van der Waals surface area contributed by atoms with Gasteiger partial charge in [0.15, 0.2) is 5.60 Å². The Labute approximate surface area is 192 Å². The largest absolute Gasteiger partial charge is 0.497 e. The van der Waals surface area contributed by atoms with Crippen molar-refractivity contribution < 1.29 is 27.4 Å². The minimum absolute atomic E-state index is 0.0668. The molecule has 2 aromatic carbocycles. The van der Waals surface area contributed by atoms with Gasteiger partial charge in [-0.05, 0) is 31.2 Å². The lowest BCUT2D eigenvalue weighted by atomic mass is 10.0. The predicted octanol–water partition coefficient (Wildman–Crippen LogP) is 4.63. The lowest BCUT2D eigenvalue weighted by molar-refractivity contribution is -0.248. The summed E-state index contributed by atoms with van der Waals surface area (Å²) in [6, 6.07) is 8.22. The predicted molar refractivity (Wildman–Crippen MR) is 118 cm³/mol. The molecule has 4 aromatic rings. The monoisotopic (exact) mass is 475 g/mol. The smallest absolute Gasteiger partial charge is 0.418 e. The number of rotatable bonds is 6. The summed E-state index contributed by atoms with van der Waals surface area (Å²) in [7, 11) is 3.08. The molecule has 0 unspecified atom stereocenters. The van der Waals surface area contributed by atoms with Gasteiger partial charge in [-0.2, -0.15) is 18.3 Å². The number of benzene rings is 2. The van der Waals surface area contributed by atoms with E-state index in [2.05, 4.69) is 15.1 Å². The van der Waals surface area contributed by atoms with Gasteiger partial charge in [-0.25, -0.2) is 9.37 Å². The molecule has 0 aliphatic carbocycles. The maximum atomic E-state index is 14.2. The van der Waals surface area contributed by atoms with Crippen LogP contribution in [0.2, 0.25) is 0 Å². The molecule has 2 heterocycles. The molecule has 11 heteroatoms. The highest BCUT2D eigenvalue weighted by Gasteiger charge is 2.51. The molecule has 0 saturated carbocycles. The van der Waals surface area contributed by atoms with Gasteiger partial charge >= 0.3 is 6.18 Å². The second-order valence-corrected chi connectivity index (χ2v) is 8.04. The van der Waals surface area contributed by atoms with E-state index in [0.29, 0.717) is 29.2 Å². The Kier molecular flexibility index (Phi) is 5.90. The topological polar surface area (TPSA) is 76.3 Å². The zero-order valence-corrected chi connectivity index (χ0v) is 18.5. The average molecular weight is 475 g/mol. The summed E-state index contributed by atoms with van der Waals surface area (Å²) < 4.78 is 61.5. The second-order valence-electron chi connectivity index (χ2n) is 8.04. The van der Waals surface area contributed by atoms with E-state index in [4.69, 9.17) is 4.74 Å². The summed E-state index contributed by atoms with van der Waals surface area (Å²) in [5.41, 5.74) is -0.618. The highest BCUT2D eigenvalue weighted by atomic mass is 19.4. The lowest BCUT2D eigenvalue weighted by Gasteiger charge is -2.34. The minimum atomic E-state index is -4.92. The number of halogens is 4. The maximum absolute atomic E-state index is 14.2. The fraction of sp³-hybridized carbons (Fsp3) is 0.261. The highest BCUT2D eigenvalue weighted by molar-refractivity contribution is 5.82. The molecule has 0 amide bonds. The van der Waals surface area contributed by atoms with Crippen molar-refractivity contribution in [3.63, 3.8) is 0 Å². The molecule has 34 heavy (non-hydrogen) atoms. The molecular formula is C23H21F4N5O2. The quantitative estimate of drug-likeness (QED) is 0.410. The summed E-state index contributed by atoms with van der Waals surface area (Å²) in [4.78, 5) is 10.1. The molecule has 0 aliphatic rings. The normalized spacial score (nSPS) is 13.6. The van der Waals surface area contributed by atoms with Gasteiger partial charge in [0, 0.05) is 42.3 Å². The molecule has 0 aliphatic heterocycles. The molecule has 1 atom stereocenters. The fourth-order valence-corrected chi connectivity index (χ4v) is 3.41. The molecule has 0 bridgehead atoms. The van der Waals surface area contributed by atoms with E-state index in [-0.39, 0.29) is 17.1 Å². The van der Waals surface area contributed by atoms with Crippen molar-refractivity contribution in [2.75, 3.05) is 18.6 Å². The van der Waals surface area contributed by atoms with Crippen LogP contribution in [0, 0.1) is 5.82 Å². The number of fused-ring (bicyclic) bond motifs is 1. The van der Waals surface area contributed by atoms with Crippen molar-refractivity contribution >= 4 is 22.4 Å². The van der Waals surface area contributed by atoms with E-state index in [9.17, 15) is 22.7 Å². The number of anilines is 2. The first-order valence-corrected chi connectivity index (χ1v) is 10.1. The van der Waals surface area contributed by atoms with Crippen LogP contribution < -0.4 is 9.64 Å². The summed E-state index contributed by atoms with van der Waals surface area (Å²) in [5, 5.41) is 14.3. The van der Waals surface area contributed by atoms with Crippen LogP contribution in [0.3, 0.4) is 0 Å². The van der Waals surface area contributed by atoms with Crippen molar-refractivity contribution in [3.8, 4) is 17.0 Å². The first-order chi connectivity index (χ1) is 16.0. The number of aliphatic hydroxyl groups is 1. The summed E-state index contributed by atoms with van der Waals surface area (Å²) in [6.45, 7) is -0.234. The standard InChI is InChI=1S/C23H21F4N5O2/c1-22(33,23(25,26)27)13-32(17-6-15(24)7-18(8-17)34-3)16-4-5-19-20(9-16)30-21(11-28-19)14-10-29-31(2)12-14/h4-12,33H,13H2,1-3H3/t22-/m0/s1. The van der Waals surface area contributed by atoms with Crippen LogP contribution in [-0.4, -0.2) is 50.3 Å². The Hall–Kier alpha value is -3.73. The number of hydrogen-bond acceptors (Lipinski definition) is 6. The van der Waals surface area contributed by atoms with Gasteiger partial charge in [0.25, 0.3) is 0 Å². The van der Waals surface area contributed by atoms with Gasteiger partial charge in [0.2, 0.25) is 0 Å².